The van der Waals surface area contributed by atoms with Crippen molar-refractivity contribution in [3.8, 4) is 11.3 Å². The average molecular weight is 255 g/mol. The van der Waals surface area contributed by atoms with E-state index >= 15 is 0 Å². The number of carbonyl (C=O) groups excluding carboxylic acids is 1. The standard InChI is InChI=1S/C13H9N3O3/c1-7(17)12-14-5-4-9(15-12)8-2-3-10-11(6-8)19-13(18)16-10/h2-6H,1H3,(H,16,18). The first-order valence-electron chi connectivity index (χ1n) is 5.61. The highest BCUT2D eigenvalue weighted by atomic mass is 16.4. The molecule has 0 atom stereocenters. The molecule has 6 heteroatoms. The molecule has 0 aliphatic carbocycles. The van der Waals surface area contributed by atoms with E-state index < -0.39 is 5.76 Å². The smallest absolute Gasteiger partial charge is 0.408 e. The summed E-state index contributed by atoms with van der Waals surface area (Å²) in [6, 6.07) is 6.91. The maximum absolute atomic E-state index is 11.3. The number of fused-ring (bicyclic) bond motifs is 1. The largest absolute Gasteiger partial charge is 0.417 e. The van der Waals surface area contributed by atoms with Gasteiger partial charge in [0, 0.05) is 18.7 Å². The summed E-state index contributed by atoms with van der Waals surface area (Å²) < 4.78 is 4.99. The molecule has 94 valence electrons. The van der Waals surface area contributed by atoms with Crippen LogP contribution in [-0.4, -0.2) is 20.7 Å². The molecule has 0 amide bonds. The maximum Gasteiger partial charge on any atom is 0.417 e. The molecule has 0 aliphatic heterocycles. The van der Waals surface area contributed by atoms with Gasteiger partial charge in [-0.1, -0.05) is 6.07 Å². The number of hydrogen-bond acceptors (Lipinski definition) is 5. The lowest BCUT2D eigenvalue weighted by Crippen LogP contribution is -2.01. The highest BCUT2D eigenvalue weighted by Crippen LogP contribution is 2.21. The van der Waals surface area contributed by atoms with E-state index in [-0.39, 0.29) is 11.6 Å². The normalized spacial score (nSPS) is 10.8. The molecule has 0 aliphatic rings. The van der Waals surface area contributed by atoms with E-state index in [9.17, 15) is 9.59 Å². The van der Waals surface area contributed by atoms with Crippen LogP contribution < -0.4 is 5.76 Å². The Kier molecular flexibility index (Phi) is 2.49. The summed E-state index contributed by atoms with van der Waals surface area (Å²) in [6.45, 7) is 1.41. The van der Waals surface area contributed by atoms with Crippen molar-refractivity contribution in [1.82, 2.24) is 15.0 Å². The van der Waals surface area contributed by atoms with E-state index in [2.05, 4.69) is 15.0 Å². The molecule has 2 aromatic heterocycles. The van der Waals surface area contributed by atoms with Gasteiger partial charge in [0.2, 0.25) is 0 Å². The summed E-state index contributed by atoms with van der Waals surface area (Å²) >= 11 is 0. The minimum Gasteiger partial charge on any atom is -0.408 e. The van der Waals surface area contributed by atoms with Gasteiger partial charge in [-0.05, 0) is 18.2 Å². The molecule has 3 rings (SSSR count). The molecule has 0 fully saturated rings. The second kappa shape index (κ2) is 4.16. The SMILES string of the molecule is CC(=O)c1nccc(-c2ccc3[nH]c(=O)oc3c2)n1. The van der Waals surface area contributed by atoms with Gasteiger partial charge in [-0.15, -0.1) is 0 Å². The lowest BCUT2D eigenvalue weighted by atomic mass is 10.1. The molecule has 2 heterocycles. The van der Waals surface area contributed by atoms with Gasteiger partial charge in [0.1, 0.15) is 0 Å². The summed E-state index contributed by atoms with van der Waals surface area (Å²) in [5, 5.41) is 0. The first-order chi connectivity index (χ1) is 9.13. The second-order valence-corrected chi connectivity index (χ2v) is 4.05. The van der Waals surface area contributed by atoms with Crippen LogP contribution in [0.15, 0.2) is 39.7 Å². The Labute approximate surface area is 107 Å². The lowest BCUT2D eigenvalue weighted by Gasteiger charge is -2.01. The van der Waals surface area contributed by atoms with Gasteiger partial charge in [0.05, 0.1) is 11.2 Å². The van der Waals surface area contributed by atoms with Crippen molar-refractivity contribution < 1.29 is 9.21 Å². The predicted octanol–water partition coefficient (Wildman–Crippen LogP) is 1.78. The third-order valence-electron chi connectivity index (χ3n) is 2.69. The topological polar surface area (TPSA) is 88.9 Å². The number of carbonyl (C=O) groups is 1. The number of benzene rings is 1. The van der Waals surface area contributed by atoms with Gasteiger partial charge >= 0.3 is 5.76 Å². The molecule has 0 spiro atoms. The number of Topliss-reactive ketones (excluding diaryl/α,β-unsaturated/α-hetero) is 1. The van der Waals surface area contributed by atoms with Crippen molar-refractivity contribution in [2.75, 3.05) is 0 Å². The molecule has 0 saturated carbocycles. The van der Waals surface area contributed by atoms with Crippen LogP contribution in [0, 0.1) is 0 Å². The van der Waals surface area contributed by atoms with Gasteiger partial charge < -0.3 is 4.42 Å². The molecular formula is C13H9N3O3. The first kappa shape index (κ1) is 11.3. The third kappa shape index (κ3) is 2.03. The van der Waals surface area contributed by atoms with Crippen LogP contribution in [0.4, 0.5) is 0 Å². The van der Waals surface area contributed by atoms with Crippen molar-refractivity contribution in [2.24, 2.45) is 0 Å². The first-order valence-corrected chi connectivity index (χ1v) is 5.61. The summed E-state index contributed by atoms with van der Waals surface area (Å²) in [6.07, 6.45) is 1.52. The molecular weight excluding hydrogens is 246 g/mol. The Balaban J connectivity index is 2.15. The van der Waals surface area contributed by atoms with Crippen molar-refractivity contribution in [3.05, 3.63) is 46.8 Å². The zero-order valence-electron chi connectivity index (χ0n) is 10.0. The summed E-state index contributed by atoms with van der Waals surface area (Å²) in [4.78, 5) is 33.0. The van der Waals surface area contributed by atoms with E-state index in [1.807, 2.05) is 0 Å². The van der Waals surface area contributed by atoms with E-state index in [0.717, 1.165) is 5.56 Å². The molecule has 0 bridgehead atoms. The van der Waals surface area contributed by atoms with Crippen LogP contribution >= 0.6 is 0 Å². The summed E-state index contributed by atoms with van der Waals surface area (Å²) in [5.74, 6) is -0.538. The van der Waals surface area contributed by atoms with E-state index in [1.54, 1.807) is 24.3 Å². The summed E-state index contributed by atoms with van der Waals surface area (Å²) in [7, 11) is 0. The second-order valence-electron chi connectivity index (χ2n) is 4.05. The number of nitrogens with one attached hydrogen (secondary N) is 1. The molecule has 0 radical (unpaired) electrons. The highest BCUT2D eigenvalue weighted by molar-refractivity contribution is 5.90. The van der Waals surface area contributed by atoms with E-state index in [1.165, 1.54) is 13.1 Å². The number of ketones is 1. The van der Waals surface area contributed by atoms with Crippen LogP contribution in [0.5, 0.6) is 0 Å². The van der Waals surface area contributed by atoms with Crippen molar-refractivity contribution in [2.45, 2.75) is 6.92 Å². The van der Waals surface area contributed by atoms with Gasteiger partial charge in [0.15, 0.2) is 17.2 Å². The number of hydrogen-bond donors (Lipinski definition) is 1. The molecule has 0 saturated heterocycles. The molecule has 0 unspecified atom stereocenters. The van der Waals surface area contributed by atoms with E-state index in [4.69, 9.17) is 4.42 Å². The van der Waals surface area contributed by atoms with Crippen LogP contribution in [0.25, 0.3) is 22.4 Å². The Morgan fingerprint density at radius 2 is 2.16 bits per heavy atom. The van der Waals surface area contributed by atoms with Crippen LogP contribution in [-0.2, 0) is 0 Å². The Morgan fingerprint density at radius 3 is 2.95 bits per heavy atom. The van der Waals surface area contributed by atoms with Crippen LogP contribution in [0.2, 0.25) is 0 Å². The number of nitrogens with zero attached hydrogens (tertiary/aromatic N) is 2. The molecule has 3 aromatic rings. The van der Waals surface area contributed by atoms with Crippen LogP contribution in [0.1, 0.15) is 17.5 Å². The Bertz CT molecular complexity index is 832. The minimum atomic E-state index is -0.501. The Morgan fingerprint density at radius 1 is 1.32 bits per heavy atom. The van der Waals surface area contributed by atoms with Crippen molar-refractivity contribution in [1.29, 1.82) is 0 Å². The average Bonchev–Trinajstić information content (AvgIpc) is 2.77. The number of aromatic amines is 1. The Hall–Kier alpha value is -2.76. The molecule has 1 N–H and O–H groups in total. The third-order valence-corrected chi connectivity index (χ3v) is 2.69. The van der Waals surface area contributed by atoms with Gasteiger partial charge in [-0.25, -0.2) is 14.8 Å². The predicted molar refractivity (Wildman–Crippen MR) is 67.9 cm³/mol. The van der Waals surface area contributed by atoms with Crippen molar-refractivity contribution >= 4 is 16.9 Å². The van der Waals surface area contributed by atoms with Gasteiger partial charge in [-0.3, -0.25) is 9.78 Å². The quantitative estimate of drug-likeness (QED) is 0.705. The number of aromatic nitrogens is 3. The van der Waals surface area contributed by atoms with E-state index in [0.29, 0.717) is 16.8 Å². The molecule has 6 nitrogen and oxygen atoms in total. The highest BCUT2D eigenvalue weighted by Gasteiger charge is 2.08. The van der Waals surface area contributed by atoms with Crippen molar-refractivity contribution in [3.63, 3.8) is 0 Å². The minimum absolute atomic E-state index is 0.160. The fourth-order valence-electron chi connectivity index (χ4n) is 1.79. The fraction of sp³-hybridized carbons (Fsp3) is 0.0769. The summed E-state index contributed by atoms with van der Waals surface area (Å²) in [5.41, 5.74) is 2.42. The van der Waals surface area contributed by atoms with Crippen LogP contribution in [0.3, 0.4) is 0 Å². The van der Waals surface area contributed by atoms with Gasteiger partial charge in [-0.2, -0.15) is 0 Å². The lowest BCUT2D eigenvalue weighted by molar-refractivity contribution is 0.100. The maximum atomic E-state index is 11.3. The zero-order valence-corrected chi connectivity index (χ0v) is 10.0. The molecule has 1 aromatic carbocycles. The number of H-pyrrole nitrogens is 1. The monoisotopic (exact) mass is 255 g/mol. The van der Waals surface area contributed by atoms with Gasteiger partial charge in [0.25, 0.3) is 0 Å². The number of rotatable bonds is 2. The molecule has 19 heavy (non-hydrogen) atoms. The number of oxazole rings is 1. The zero-order chi connectivity index (χ0) is 13.4. The fourth-order valence-corrected chi connectivity index (χ4v) is 1.79.